The Bertz CT molecular complexity index is 935. The maximum absolute atomic E-state index is 12.7. The van der Waals surface area contributed by atoms with Crippen molar-refractivity contribution in [2.75, 3.05) is 12.4 Å². The molecular formula is C16H14BrN5O. The molecule has 3 aromatic rings. The zero-order valence-electron chi connectivity index (χ0n) is 12.6. The highest BCUT2D eigenvalue weighted by atomic mass is 79.9. The molecule has 2 heterocycles. The molecule has 1 unspecified atom stereocenters. The van der Waals surface area contributed by atoms with E-state index in [9.17, 15) is 4.79 Å². The van der Waals surface area contributed by atoms with E-state index in [4.69, 9.17) is 0 Å². The molecule has 0 bridgehead atoms. The minimum atomic E-state index is -0.234. The van der Waals surface area contributed by atoms with Crippen LogP contribution in [0.25, 0.3) is 11.0 Å². The van der Waals surface area contributed by atoms with Gasteiger partial charge in [-0.15, -0.1) is 5.10 Å². The van der Waals surface area contributed by atoms with Gasteiger partial charge in [0, 0.05) is 24.3 Å². The first-order chi connectivity index (χ1) is 11.0. The Hall–Kier alpha value is -2.41. The lowest BCUT2D eigenvalue weighted by Crippen LogP contribution is -2.40. The fourth-order valence-corrected chi connectivity index (χ4v) is 3.27. The normalized spacial score (nSPS) is 17.3. The molecule has 1 aliphatic heterocycles. The largest absolute Gasteiger partial charge is 0.361 e. The third-order valence-electron chi connectivity index (χ3n) is 4.16. The first-order valence-electron chi connectivity index (χ1n) is 7.17. The summed E-state index contributed by atoms with van der Waals surface area (Å²) in [5.41, 5.74) is 4.25. The van der Waals surface area contributed by atoms with E-state index in [1.54, 1.807) is 16.6 Å². The topological polar surface area (TPSA) is 63.1 Å². The van der Waals surface area contributed by atoms with Gasteiger partial charge in [0.05, 0.1) is 11.1 Å². The maximum Gasteiger partial charge on any atom is 0.257 e. The van der Waals surface area contributed by atoms with Crippen LogP contribution in [0, 0.1) is 0 Å². The van der Waals surface area contributed by atoms with E-state index in [2.05, 4.69) is 31.6 Å². The summed E-state index contributed by atoms with van der Waals surface area (Å²) in [6.45, 7) is 0. The highest BCUT2D eigenvalue weighted by Gasteiger charge is 2.30. The fraction of sp³-hybridized carbons (Fsp3) is 0.188. The number of nitrogens with zero attached hydrogens (tertiary/aromatic N) is 4. The van der Waals surface area contributed by atoms with Gasteiger partial charge in [-0.25, -0.2) is 4.68 Å². The van der Waals surface area contributed by atoms with Crippen molar-refractivity contribution in [3.05, 3.63) is 52.0 Å². The van der Waals surface area contributed by atoms with E-state index in [-0.39, 0.29) is 12.1 Å². The monoisotopic (exact) mass is 371 g/mol. The van der Waals surface area contributed by atoms with E-state index in [1.165, 1.54) is 0 Å². The van der Waals surface area contributed by atoms with Gasteiger partial charge in [-0.1, -0.05) is 27.2 Å². The molecule has 0 saturated heterocycles. The Morgan fingerprint density at radius 1 is 1.17 bits per heavy atom. The lowest BCUT2D eigenvalue weighted by molar-refractivity contribution is 0.0735. The van der Waals surface area contributed by atoms with E-state index in [0.29, 0.717) is 5.56 Å². The minimum Gasteiger partial charge on any atom is -0.361 e. The number of nitrogens with one attached hydrogen (secondary N) is 1. The van der Waals surface area contributed by atoms with Gasteiger partial charge < -0.3 is 10.2 Å². The quantitative estimate of drug-likeness (QED) is 0.714. The Morgan fingerprint density at radius 3 is 2.83 bits per heavy atom. The van der Waals surface area contributed by atoms with Crippen LogP contribution in [0.3, 0.4) is 0 Å². The van der Waals surface area contributed by atoms with Crippen molar-refractivity contribution >= 4 is 38.6 Å². The van der Waals surface area contributed by atoms with Crippen LogP contribution in [-0.4, -0.2) is 32.8 Å². The number of aromatic nitrogens is 3. The number of hydrogen-bond acceptors (Lipinski definition) is 4. The number of aryl methyl sites for hydroxylation is 1. The molecule has 116 valence electrons. The Morgan fingerprint density at radius 2 is 2.00 bits per heavy atom. The first kappa shape index (κ1) is 14.2. The standard InChI is InChI=1S/C16H14BrN5O/c1-21-15(9-3-6-14-13(7-9)19-20-22(14)2)18-12-5-4-10(17)8-11(12)16(21)23/h3-8,15,18H,1-2H3. The summed E-state index contributed by atoms with van der Waals surface area (Å²) in [4.78, 5) is 14.4. The van der Waals surface area contributed by atoms with Gasteiger partial charge in [0.1, 0.15) is 11.7 Å². The molecule has 0 radical (unpaired) electrons. The minimum absolute atomic E-state index is 0.00991. The van der Waals surface area contributed by atoms with Crippen LogP contribution in [0.15, 0.2) is 40.9 Å². The van der Waals surface area contributed by atoms with Crippen LogP contribution >= 0.6 is 15.9 Å². The van der Waals surface area contributed by atoms with Crippen molar-refractivity contribution in [1.29, 1.82) is 0 Å². The van der Waals surface area contributed by atoms with E-state index in [1.807, 2.05) is 43.4 Å². The summed E-state index contributed by atoms with van der Waals surface area (Å²) in [6, 6.07) is 11.6. The van der Waals surface area contributed by atoms with E-state index in [0.717, 1.165) is 26.8 Å². The SMILES string of the molecule is CN1C(=O)c2cc(Br)ccc2NC1c1ccc2c(c1)nnn2C. The molecule has 0 aliphatic carbocycles. The highest BCUT2D eigenvalue weighted by molar-refractivity contribution is 9.10. The van der Waals surface area contributed by atoms with Gasteiger partial charge in [0.2, 0.25) is 0 Å². The van der Waals surface area contributed by atoms with Crippen LogP contribution in [0.5, 0.6) is 0 Å². The number of carbonyl (C=O) groups is 1. The predicted octanol–water partition coefficient (Wildman–Crippen LogP) is 2.93. The molecule has 4 rings (SSSR count). The molecule has 7 heteroatoms. The van der Waals surface area contributed by atoms with Crippen molar-refractivity contribution < 1.29 is 4.79 Å². The highest BCUT2D eigenvalue weighted by Crippen LogP contribution is 2.34. The second kappa shape index (κ2) is 5.06. The average molecular weight is 372 g/mol. The van der Waals surface area contributed by atoms with Crippen molar-refractivity contribution in [3.63, 3.8) is 0 Å². The lowest BCUT2D eigenvalue weighted by atomic mass is 10.0. The van der Waals surface area contributed by atoms with Crippen LogP contribution in [0.4, 0.5) is 5.69 Å². The molecule has 1 amide bonds. The van der Waals surface area contributed by atoms with Gasteiger partial charge in [-0.2, -0.15) is 0 Å². The summed E-state index contributed by atoms with van der Waals surface area (Å²) in [6.07, 6.45) is -0.234. The van der Waals surface area contributed by atoms with Gasteiger partial charge in [0.25, 0.3) is 5.91 Å². The molecule has 0 spiro atoms. The second-order valence-electron chi connectivity index (χ2n) is 5.61. The fourth-order valence-electron chi connectivity index (χ4n) is 2.91. The average Bonchev–Trinajstić information content (AvgIpc) is 2.92. The Labute approximate surface area is 141 Å². The summed E-state index contributed by atoms with van der Waals surface area (Å²) in [7, 11) is 3.66. The van der Waals surface area contributed by atoms with Gasteiger partial charge in [0.15, 0.2) is 0 Å². The number of benzene rings is 2. The van der Waals surface area contributed by atoms with Crippen LogP contribution in [0.1, 0.15) is 22.1 Å². The number of carbonyl (C=O) groups excluding carboxylic acids is 1. The zero-order chi connectivity index (χ0) is 16.1. The van der Waals surface area contributed by atoms with Gasteiger partial charge in [-0.05, 0) is 35.9 Å². The second-order valence-corrected chi connectivity index (χ2v) is 6.53. The summed E-state index contributed by atoms with van der Waals surface area (Å²) in [5, 5.41) is 11.6. The molecule has 23 heavy (non-hydrogen) atoms. The van der Waals surface area contributed by atoms with Gasteiger partial charge in [-0.3, -0.25) is 4.79 Å². The lowest BCUT2D eigenvalue weighted by Gasteiger charge is -2.35. The molecule has 2 aromatic carbocycles. The maximum atomic E-state index is 12.7. The molecule has 0 saturated carbocycles. The molecule has 1 N–H and O–H groups in total. The van der Waals surface area contributed by atoms with E-state index < -0.39 is 0 Å². The summed E-state index contributed by atoms with van der Waals surface area (Å²) < 4.78 is 2.62. The molecule has 0 fully saturated rings. The smallest absolute Gasteiger partial charge is 0.257 e. The molecular weight excluding hydrogens is 358 g/mol. The Balaban J connectivity index is 1.79. The summed E-state index contributed by atoms with van der Waals surface area (Å²) in [5.74, 6) is -0.00991. The predicted molar refractivity (Wildman–Crippen MR) is 91.1 cm³/mol. The number of hydrogen-bond donors (Lipinski definition) is 1. The number of anilines is 1. The molecule has 1 aliphatic rings. The summed E-state index contributed by atoms with van der Waals surface area (Å²) >= 11 is 3.41. The van der Waals surface area contributed by atoms with Crippen molar-refractivity contribution in [2.45, 2.75) is 6.17 Å². The van der Waals surface area contributed by atoms with Crippen molar-refractivity contribution in [2.24, 2.45) is 7.05 Å². The Kier molecular flexibility index (Phi) is 3.12. The third-order valence-corrected chi connectivity index (χ3v) is 4.66. The van der Waals surface area contributed by atoms with Crippen LogP contribution < -0.4 is 5.32 Å². The molecule has 1 aromatic heterocycles. The number of fused-ring (bicyclic) bond motifs is 2. The number of halogens is 1. The van der Waals surface area contributed by atoms with Crippen molar-refractivity contribution in [3.8, 4) is 0 Å². The number of amides is 1. The van der Waals surface area contributed by atoms with Crippen LogP contribution in [-0.2, 0) is 7.05 Å². The van der Waals surface area contributed by atoms with Gasteiger partial charge >= 0.3 is 0 Å². The first-order valence-corrected chi connectivity index (χ1v) is 7.96. The third kappa shape index (κ3) is 2.19. The van der Waals surface area contributed by atoms with Crippen molar-refractivity contribution in [1.82, 2.24) is 19.9 Å². The van der Waals surface area contributed by atoms with E-state index >= 15 is 0 Å². The van der Waals surface area contributed by atoms with Crippen LogP contribution in [0.2, 0.25) is 0 Å². The molecule has 1 atom stereocenters. The number of rotatable bonds is 1. The zero-order valence-corrected chi connectivity index (χ0v) is 14.2. The molecule has 6 nitrogen and oxygen atoms in total.